The molecule has 1 amide bonds. The highest BCUT2D eigenvalue weighted by molar-refractivity contribution is 7.99. The number of hydrogen-bond acceptors (Lipinski definition) is 4. The summed E-state index contributed by atoms with van der Waals surface area (Å²) in [7, 11) is 0. The van der Waals surface area contributed by atoms with Crippen molar-refractivity contribution in [3.63, 3.8) is 0 Å². The minimum atomic E-state index is -0.254. The lowest BCUT2D eigenvalue weighted by molar-refractivity contribution is 0.0936. The molecule has 1 rings (SSSR count). The summed E-state index contributed by atoms with van der Waals surface area (Å²) < 4.78 is 0. The third-order valence-electron chi connectivity index (χ3n) is 2.59. The van der Waals surface area contributed by atoms with Crippen LogP contribution in [0, 0.1) is 0 Å². The summed E-state index contributed by atoms with van der Waals surface area (Å²) in [5.41, 5.74) is 0.397. The van der Waals surface area contributed by atoms with Crippen LogP contribution in [0.4, 0.5) is 0 Å². The molecule has 2 unspecified atom stereocenters. The SMILES string of the molecule is CSC(CO)C(C)NC(=O)c1cc(S)ccc1Cl. The number of halogens is 1. The van der Waals surface area contributed by atoms with Crippen molar-refractivity contribution in [3.8, 4) is 0 Å². The second-order valence-electron chi connectivity index (χ2n) is 3.88. The van der Waals surface area contributed by atoms with Gasteiger partial charge in [0.2, 0.25) is 0 Å². The number of hydrogen-bond donors (Lipinski definition) is 3. The Morgan fingerprint density at radius 2 is 2.28 bits per heavy atom. The molecule has 2 N–H and O–H groups in total. The normalized spacial score (nSPS) is 14.1. The Bertz CT molecular complexity index is 425. The highest BCUT2D eigenvalue weighted by atomic mass is 35.5. The van der Waals surface area contributed by atoms with Crippen LogP contribution in [-0.2, 0) is 0 Å². The van der Waals surface area contributed by atoms with E-state index in [4.69, 9.17) is 16.7 Å². The van der Waals surface area contributed by atoms with E-state index >= 15 is 0 Å². The zero-order valence-electron chi connectivity index (χ0n) is 10.2. The molecular weight excluding hydrogens is 290 g/mol. The van der Waals surface area contributed by atoms with E-state index in [9.17, 15) is 4.79 Å². The number of carbonyl (C=O) groups is 1. The van der Waals surface area contributed by atoms with Gasteiger partial charge in [0.05, 0.1) is 17.2 Å². The van der Waals surface area contributed by atoms with Crippen LogP contribution in [0.1, 0.15) is 17.3 Å². The summed E-state index contributed by atoms with van der Waals surface area (Å²) >= 11 is 11.7. The number of aliphatic hydroxyl groups excluding tert-OH is 1. The van der Waals surface area contributed by atoms with E-state index in [1.54, 1.807) is 18.2 Å². The Kier molecular flexibility index (Phi) is 6.35. The third kappa shape index (κ3) is 4.09. The van der Waals surface area contributed by atoms with Crippen molar-refractivity contribution in [2.45, 2.75) is 23.1 Å². The Morgan fingerprint density at radius 3 is 2.83 bits per heavy atom. The first-order valence-electron chi connectivity index (χ1n) is 5.42. The largest absolute Gasteiger partial charge is 0.395 e. The highest BCUT2D eigenvalue weighted by Gasteiger charge is 2.19. The van der Waals surface area contributed by atoms with Gasteiger partial charge in [0.25, 0.3) is 5.91 Å². The van der Waals surface area contributed by atoms with Gasteiger partial charge in [0, 0.05) is 16.2 Å². The fraction of sp³-hybridized carbons (Fsp3) is 0.417. The summed E-state index contributed by atoms with van der Waals surface area (Å²) in [5, 5.41) is 12.4. The maximum absolute atomic E-state index is 12.0. The lowest BCUT2D eigenvalue weighted by Gasteiger charge is -2.21. The Hall–Kier alpha value is -0.360. The number of thioether (sulfide) groups is 1. The van der Waals surface area contributed by atoms with Gasteiger partial charge in [-0.25, -0.2) is 0 Å². The van der Waals surface area contributed by atoms with Crippen molar-refractivity contribution in [2.24, 2.45) is 0 Å². The van der Waals surface area contributed by atoms with Crippen LogP contribution in [-0.4, -0.2) is 35.2 Å². The number of amides is 1. The van der Waals surface area contributed by atoms with Crippen molar-refractivity contribution in [3.05, 3.63) is 28.8 Å². The van der Waals surface area contributed by atoms with Gasteiger partial charge in [-0.2, -0.15) is 11.8 Å². The number of thiol groups is 1. The first-order chi connectivity index (χ1) is 8.49. The molecule has 0 spiro atoms. The fourth-order valence-electron chi connectivity index (χ4n) is 1.50. The van der Waals surface area contributed by atoms with E-state index in [0.717, 1.165) is 0 Å². The van der Waals surface area contributed by atoms with Gasteiger partial charge in [0.15, 0.2) is 0 Å². The fourth-order valence-corrected chi connectivity index (χ4v) is 2.53. The molecule has 18 heavy (non-hydrogen) atoms. The topological polar surface area (TPSA) is 49.3 Å². The molecule has 0 aliphatic heterocycles. The summed E-state index contributed by atoms with van der Waals surface area (Å²) in [6.07, 6.45) is 1.89. The van der Waals surface area contributed by atoms with Gasteiger partial charge in [-0.3, -0.25) is 4.79 Å². The number of nitrogens with one attached hydrogen (secondary N) is 1. The standard InChI is InChI=1S/C12H16ClNO2S2/c1-7(11(6-15)18-2)14-12(16)9-5-8(17)3-4-10(9)13/h3-5,7,11,15,17H,6H2,1-2H3,(H,14,16). The van der Waals surface area contributed by atoms with Crippen LogP contribution in [0.5, 0.6) is 0 Å². The molecule has 0 bridgehead atoms. The minimum Gasteiger partial charge on any atom is -0.395 e. The molecule has 0 aliphatic rings. The summed E-state index contributed by atoms with van der Waals surface area (Å²) in [4.78, 5) is 12.7. The van der Waals surface area contributed by atoms with Crippen LogP contribution in [0.15, 0.2) is 23.1 Å². The second kappa shape index (κ2) is 7.28. The van der Waals surface area contributed by atoms with E-state index < -0.39 is 0 Å². The average Bonchev–Trinajstić information content (AvgIpc) is 2.33. The molecule has 1 aromatic carbocycles. The molecule has 1 aromatic rings. The van der Waals surface area contributed by atoms with Crippen LogP contribution in [0.25, 0.3) is 0 Å². The number of benzene rings is 1. The first kappa shape index (κ1) is 15.7. The molecule has 0 heterocycles. The van der Waals surface area contributed by atoms with Gasteiger partial charge < -0.3 is 10.4 Å². The van der Waals surface area contributed by atoms with E-state index in [1.165, 1.54) is 11.8 Å². The van der Waals surface area contributed by atoms with Crippen LogP contribution in [0.3, 0.4) is 0 Å². The molecule has 2 atom stereocenters. The summed E-state index contributed by atoms with van der Waals surface area (Å²) in [5.74, 6) is -0.254. The molecule has 0 saturated carbocycles. The maximum Gasteiger partial charge on any atom is 0.253 e. The molecule has 0 saturated heterocycles. The number of carbonyl (C=O) groups excluding carboxylic acids is 1. The monoisotopic (exact) mass is 305 g/mol. The molecule has 0 aliphatic carbocycles. The van der Waals surface area contributed by atoms with Gasteiger partial charge in [0.1, 0.15) is 0 Å². The molecule has 0 fully saturated rings. The third-order valence-corrected chi connectivity index (χ3v) is 4.36. The van der Waals surface area contributed by atoms with Crippen LogP contribution in [0.2, 0.25) is 5.02 Å². The highest BCUT2D eigenvalue weighted by Crippen LogP contribution is 2.20. The molecule has 6 heteroatoms. The predicted molar refractivity (Wildman–Crippen MR) is 80.0 cm³/mol. The van der Waals surface area contributed by atoms with Gasteiger partial charge in [-0.1, -0.05) is 11.6 Å². The summed E-state index contributed by atoms with van der Waals surface area (Å²) in [6, 6.07) is 4.85. The van der Waals surface area contributed by atoms with Gasteiger partial charge in [-0.15, -0.1) is 12.6 Å². The van der Waals surface area contributed by atoms with Crippen LogP contribution < -0.4 is 5.32 Å². The lowest BCUT2D eigenvalue weighted by Crippen LogP contribution is -2.41. The van der Waals surface area contributed by atoms with E-state index in [0.29, 0.717) is 15.5 Å². The van der Waals surface area contributed by atoms with Gasteiger partial charge >= 0.3 is 0 Å². The van der Waals surface area contributed by atoms with Crippen LogP contribution >= 0.6 is 36.0 Å². The molecular formula is C12H16ClNO2S2. The Balaban J connectivity index is 2.79. The van der Waals surface area contributed by atoms with Gasteiger partial charge in [-0.05, 0) is 31.4 Å². The zero-order valence-corrected chi connectivity index (χ0v) is 12.6. The van der Waals surface area contributed by atoms with E-state index in [2.05, 4.69) is 17.9 Å². The molecule has 3 nitrogen and oxygen atoms in total. The number of aliphatic hydroxyl groups is 1. The quantitative estimate of drug-likeness (QED) is 0.733. The smallest absolute Gasteiger partial charge is 0.253 e. The van der Waals surface area contributed by atoms with E-state index in [1.807, 2.05) is 13.2 Å². The second-order valence-corrected chi connectivity index (χ2v) is 5.88. The first-order valence-corrected chi connectivity index (χ1v) is 7.54. The maximum atomic E-state index is 12.0. The van der Waals surface area contributed by atoms with Crippen molar-refractivity contribution >= 4 is 41.9 Å². The van der Waals surface area contributed by atoms with Crippen molar-refractivity contribution < 1.29 is 9.90 Å². The molecule has 0 radical (unpaired) electrons. The minimum absolute atomic E-state index is 0.0168. The molecule has 0 aromatic heterocycles. The Morgan fingerprint density at radius 1 is 1.61 bits per heavy atom. The Labute approximate surface area is 122 Å². The average molecular weight is 306 g/mol. The van der Waals surface area contributed by atoms with Crippen molar-refractivity contribution in [2.75, 3.05) is 12.9 Å². The summed E-state index contributed by atoms with van der Waals surface area (Å²) in [6.45, 7) is 1.87. The van der Waals surface area contributed by atoms with Crippen molar-refractivity contribution in [1.29, 1.82) is 0 Å². The molecule has 100 valence electrons. The predicted octanol–water partition coefficient (Wildman–Crippen LogP) is 2.47. The zero-order chi connectivity index (χ0) is 13.7. The van der Waals surface area contributed by atoms with E-state index in [-0.39, 0.29) is 23.8 Å². The van der Waals surface area contributed by atoms with Crippen molar-refractivity contribution in [1.82, 2.24) is 5.32 Å². The lowest BCUT2D eigenvalue weighted by atomic mass is 10.1. The number of rotatable bonds is 5.